The van der Waals surface area contributed by atoms with Gasteiger partial charge in [0.15, 0.2) is 8.68 Å². The fraction of sp³-hybridized carbons (Fsp3) is 0.750. The van der Waals surface area contributed by atoms with Crippen LogP contribution in [-0.4, -0.2) is 48.0 Å². The van der Waals surface area contributed by atoms with E-state index in [-0.39, 0.29) is 0 Å². The van der Waals surface area contributed by atoms with Gasteiger partial charge in [-0.3, -0.25) is 0 Å². The maximum atomic E-state index is 5.60. The summed E-state index contributed by atoms with van der Waals surface area (Å²) in [5.74, 6) is 0.954. The highest BCUT2D eigenvalue weighted by Gasteiger charge is 2.14. The number of nitrogens with zero attached hydrogens (tertiary/aromatic N) is 2. The summed E-state index contributed by atoms with van der Waals surface area (Å²) in [7, 11) is 0. The molecule has 1 saturated heterocycles. The van der Waals surface area contributed by atoms with E-state index in [0.717, 1.165) is 34.1 Å². The Labute approximate surface area is 102 Å². The van der Waals surface area contributed by atoms with Gasteiger partial charge in [-0.1, -0.05) is 34.9 Å². The van der Waals surface area contributed by atoms with Crippen molar-refractivity contribution in [3.63, 3.8) is 0 Å². The van der Waals surface area contributed by atoms with Crippen LogP contribution in [0.4, 0.5) is 0 Å². The standard InChI is InChI=1S/C8H13N3OS3/c1-13-7-10-11-8(15-7)14-5-6-4-9-2-3-12-6/h6,9H,2-5H2,1H3. The van der Waals surface area contributed by atoms with E-state index in [1.807, 2.05) is 6.26 Å². The normalized spacial score (nSPS) is 21.8. The van der Waals surface area contributed by atoms with Crippen LogP contribution in [0.5, 0.6) is 0 Å². The second-order valence-electron chi connectivity index (χ2n) is 3.05. The quantitative estimate of drug-likeness (QED) is 0.827. The molecule has 1 aromatic rings. The predicted octanol–water partition coefficient (Wildman–Crippen LogP) is 1.34. The van der Waals surface area contributed by atoms with Gasteiger partial charge in [-0.15, -0.1) is 10.2 Å². The number of hydrogen-bond donors (Lipinski definition) is 1. The Balaban J connectivity index is 1.76. The average Bonchev–Trinajstić information content (AvgIpc) is 2.76. The lowest BCUT2D eigenvalue weighted by Gasteiger charge is -2.22. The number of nitrogens with one attached hydrogen (secondary N) is 1. The third-order valence-electron chi connectivity index (χ3n) is 1.96. The molecule has 1 fully saturated rings. The predicted molar refractivity (Wildman–Crippen MR) is 65.0 cm³/mol. The van der Waals surface area contributed by atoms with E-state index in [1.165, 1.54) is 0 Å². The van der Waals surface area contributed by atoms with Crippen LogP contribution < -0.4 is 5.32 Å². The largest absolute Gasteiger partial charge is 0.375 e. The Kier molecular flexibility index (Phi) is 4.70. The van der Waals surface area contributed by atoms with Gasteiger partial charge in [-0.05, 0) is 6.26 Å². The topological polar surface area (TPSA) is 47.0 Å². The lowest BCUT2D eigenvalue weighted by Crippen LogP contribution is -2.39. The summed E-state index contributed by atoms with van der Waals surface area (Å²) in [6.07, 6.45) is 2.33. The summed E-state index contributed by atoms with van der Waals surface area (Å²) in [4.78, 5) is 0. The van der Waals surface area contributed by atoms with Gasteiger partial charge >= 0.3 is 0 Å². The van der Waals surface area contributed by atoms with Crippen molar-refractivity contribution in [2.75, 3.05) is 31.7 Å². The molecule has 0 radical (unpaired) electrons. The lowest BCUT2D eigenvalue weighted by molar-refractivity contribution is 0.0441. The lowest BCUT2D eigenvalue weighted by atomic mass is 10.3. The molecule has 1 aliphatic rings. The van der Waals surface area contributed by atoms with Gasteiger partial charge in [0.2, 0.25) is 0 Å². The minimum absolute atomic E-state index is 0.311. The van der Waals surface area contributed by atoms with Crippen molar-refractivity contribution in [3.05, 3.63) is 0 Å². The fourth-order valence-electron chi connectivity index (χ4n) is 1.23. The molecule has 0 aliphatic carbocycles. The zero-order chi connectivity index (χ0) is 10.5. The van der Waals surface area contributed by atoms with Gasteiger partial charge in [-0.2, -0.15) is 0 Å². The third-order valence-corrected chi connectivity index (χ3v) is 5.12. The summed E-state index contributed by atoms with van der Waals surface area (Å²) in [6.45, 7) is 2.73. The van der Waals surface area contributed by atoms with Crippen molar-refractivity contribution in [2.45, 2.75) is 14.8 Å². The van der Waals surface area contributed by atoms with Crippen LogP contribution in [0.1, 0.15) is 0 Å². The molecule has 1 N–H and O–H groups in total. The maximum absolute atomic E-state index is 5.60. The van der Waals surface area contributed by atoms with E-state index >= 15 is 0 Å². The maximum Gasteiger partial charge on any atom is 0.175 e. The Morgan fingerprint density at radius 1 is 1.53 bits per heavy atom. The zero-order valence-corrected chi connectivity index (χ0v) is 10.9. The highest BCUT2D eigenvalue weighted by Crippen LogP contribution is 2.28. The van der Waals surface area contributed by atoms with Crippen molar-refractivity contribution in [2.24, 2.45) is 0 Å². The average molecular weight is 263 g/mol. The molecule has 15 heavy (non-hydrogen) atoms. The summed E-state index contributed by atoms with van der Waals surface area (Å²) >= 11 is 5.02. The number of rotatable bonds is 4. The molecule has 4 nitrogen and oxygen atoms in total. The molecule has 0 spiro atoms. The third kappa shape index (κ3) is 3.60. The van der Waals surface area contributed by atoms with Crippen LogP contribution in [0.15, 0.2) is 8.68 Å². The van der Waals surface area contributed by atoms with Gasteiger partial charge in [0, 0.05) is 18.8 Å². The molecule has 0 bridgehead atoms. The summed E-state index contributed by atoms with van der Waals surface area (Å²) < 4.78 is 7.66. The summed E-state index contributed by atoms with van der Waals surface area (Å²) in [5, 5.41) is 11.5. The van der Waals surface area contributed by atoms with Crippen LogP contribution >= 0.6 is 34.9 Å². The SMILES string of the molecule is CSc1nnc(SCC2CNCCO2)s1. The molecule has 0 amide bonds. The molecule has 1 aromatic heterocycles. The van der Waals surface area contributed by atoms with Crippen LogP contribution in [0.25, 0.3) is 0 Å². The van der Waals surface area contributed by atoms with Gasteiger partial charge in [0.05, 0.1) is 12.7 Å². The first-order valence-corrected chi connectivity index (χ1v) is 7.74. The summed E-state index contributed by atoms with van der Waals surface area (Å²) in [5.41, 5.74) is 0. The molecule has 1 aliphatic heterocycles. The number of ether oxygens (including phenoxy) is 1. The first-order valence-electron chi connectivity index (χ1n) is 4.71. The minimum Gasteiger partial charge on any atom is -0.375 e. The second kappa shape index (κ2) is 6.05. The van der Waals surface area contributed by atoms with Crippen molar-refractivity contribution < 1.29 is 4.74 Å². The van der Waals surface area contributed by atoms with E-state index < -0.39 is 0 Å². The number of aromatic nitrogens is 2. The first-order chi connectivity index (χ1) is 7.38. The molecule has 0 aromatic carbocycles. The molecule has 1 unspecified atom stereocenters. The van der Waals surface area contributed by atoms with Gasteiger partial charge < -0.3 is 10.1 Å². The van der Waals surface area contributed by atoms with Crippen molar-refractivity contribution >= 4 is 34.9 Å². The number of thioether (sulfide) groups is 2. The monoisotopic (exact) mass is 263 g/mol. The van der Waals surface area contributed by atoms with Gasteiger partial charge in [-0.25, -0.2) is 0 Å². The Bertz CT molecular complexity index is 301. The molecule has 2 rings (SSSR count). The zero-order valence-electron chi connectivity index (χ0n) is 8.43. The summed E-state index contributed by atoms with van der Waals surface area (Å²) in [6, 6.07) is 0. The van der Waals surface area contributed by atoms with E-state index in [1.54, 1.807) is 34.9 Å². The molecule has 7 heteroatoms. The van der Waals surface area contributed by atoms with Gasteiger partial charge in [0.1, 0.15) is 0 Å². The Morgan fingerprint density at radius 3 is 3.07 bits per heavy atom. The van der Waals surface area contributed by atoms with Crippen LogP contribution in [-0.2, 0) is 4.74 Å². The first kappa shape index (κ1) is 11.7. The second-order valence-corrected chi connectivity index (χ2v) is 6.34. The van der Waals surface area contributed by atoms with Gasteiger partial charge in [0.25, 0.3) is 0 Å². The molecule has 1 atom stereocenters. The van der Waals surface area contributed by atoms with Crippen molar-refractivity contribution in [1.82, 2.24) is 15.5 Å². The Morgan fingerprint density at radius 2 is 2.40 bits per heavy atom. The fourth-order valence-corrected chi connectivity index (χ4v) is 3.71. The molecular formula is C8H13N3OS3. The molecule has 2 heterocycles. The van der Waals surface area contributed by atoms with E-state index in [0.29, 0.717) is 6.10 Å². The molecule has 84 valence electrons. The van der Waals surface area contributed by atoms with Crippen LogP contribution in [0.2, 0.25) is 0 Å². The van der Waals surface area contributed by atoms with E-state index in [2.05, 4.69) is 15.5 Å². The van der Waals surface area contributed by atoms with Crippen molar-refractivity contribution in [3.8, 4) is 0 Å². The van der Waals surface area contributed by atoms with Crippen LogP contribution in [0.3, 0.4) is 0 Å². The van der Waals surface area contributed by atoms with E-state index in [4.69, 9.17) is 4.74 Å². The molecule has 0 saturated carbocycles. The van der Waals surface area contributed by atoms with E-state index in [9.17, 15) is 0 Å². The number of morpholine rings is 1. The van der Waals surface area contributed by atoms with Crippen molar-refractivity contribution in [1.29, 1.82) is 0 Å². The minimum atomic E-state index is 0.311. The van der Waals surface area contributed by atoms with Crippen LogP contribution in [0, 0.1) is 0 Å². The highest BCUT2D eigenvalue weighted by atomic mass is 32.2. The smallest absolute Gasteiger partial charge is 0.175 e. The number of hydrogen-bond acceptors (Lipinski definition) is 7. The highest BCUT2D eigenvalue weighted by molar-refractivity contribution is 8.03. The Hall–Kier alpha value is 0.180. The molecular weight excluding hydrogens is 250 g/mol.